The average molecular weight is 285 g/mol. The summed E-state index contributed by atoms with van der Waals surface area (Å²) < 4.78 is 1.98. The van der Waals surface area contributed by atoms with E-state index in [-0.39, 0.29) is 0 Å². The first kappa shape index (κ1) is 14.3. The van der Waals surface area contributed by atoms with Crippen LogP contribution in [0.3, 0.4) is 0 Å². The monoisotopic (exact) mass is 285 g/mol. The van der Waals surface area contributed by atoms with Gasteiger partial charge in [0.15, 0.2) is 0 Å². The lowest BCUT2D eigenvalue weighted by Crippen LogP contribution is -2.20. The molecule has 1 N–H and O–H groups in total. The van der Waals surface area contributed by atoms with E-state index in [1.807, 2.05) is 11.6 Å². The summed E-state index contributed by atoms with van der Waals surface area (Å²) >= 11 is 0. The number of aliphatic hydroxyl groups excluding tert-OH is 1. The Labute approximate surface area is 126 Å². The first-order valence-electron chi connectivity index (χ1n) is 7.61. The second kappa shape index (κ2) is 6.00. The summed E-state index contributed by atoms with van der Waals surface area (Å²) in [4.78, 5) is 2.42. The number of aromatic nitrogens is 2. The largest absolute Gasteiger partial charge is 0.396 e. The molecule has 0 aliphatic carbocycles. The van der Waals surface area contributed by atoms with E-state index in [0.717, 1.165) is 43.1 Å². The minimum Gasteiger partial charge on any atom is -0.396 e. The van der Waals surface area contributed by atoms with Crippen LogP contribution in [0, 0.1) is 19.8 Å². The molecule has 1 saturated heterocycles. The molecule has 112 valence electrons. The number of nitrogens with zero attached hydrogens (tertiary/aromatic N) is 3. The lowest BCUT2D eigenvalue weighted by atomic mass is 10.1. The maximum absolute atomic E-state index is 9.20. The van der Waals surface area contributed by atoms with Crippen molar-refractivity contribution in [2.45, 2.75) is 26.8 Å². The van der Waals surface area contributed by atoms with Gasteiger partial charge >= 0.3 is 0 Å². The Morgan fingerprint density at radius 3 is 2.57 bits per heavy atom. The molecule has 0 amide bonds. The smallest absolute Gasteiger partial charge is 0.0648 e. The van der Waals surface area contributed by atoms with Crippen molar-refractivity contribution in [3.8, 4) is 5.69 Å². The summed E-state index contributed by atoms with van der Waals surface area (Å²) in [5.41, 5.74) is 4.63. The number of rotatable bonds is 4. The van der Waals surface area contributed by atoms with Crippen LogP contribution in [0.15, 0.2) is 30.3 Å². The van der Waals surface area contributed by atoms with Crippen LogP contribution >= 0.6 is 0 Å². The molecule has 1 fully saturated rings. The van der Waals surface area contributed by atoms with Gasteiger partial charge in [-0.2, -0.15) is 5.10 Å². The molecule has 2 heterocycles. The maximum Gasteiger partial charge on any atom is 0.0648 e. The van der Waals surface area contributed by atoms with Crippen LogP contribution < -0.4 is 0 Å². The highest BCUT2D eigenvalue weighted by molar-refractivity contribution is 5.36. The van der Waals surface area contributed by atoms with Gasteiger partial charge in [0, 0.05) is 25.4 Å². The van der Waals surface area contributed by atoms with Gasteiger partial charge in [-0.05, 0) is 56.5 Å². The molecule has 1 aliphatic heterocycles. The summed E-state index contributed by atoms with van der Waals surface area (Å²) in [5.74, 6) is 0.457. The molecular weight excluding hydrogens is 262 g/mol. The van der Waals surface area contributed by atoms with Crippen molar-refractivity contribution in [1.29, 1.82) is 0 Å². The van der Waals surface area contributed by atoms with Gasteiger partial charge in [-0.3, -0.25) is 4.90 Å². The molecule has 2 aromatic rings. The van der Waals surface area contributed by atoms with Crippen molar-refractivity contribution in [3.05, 3.63) is 47.3 Å². The van der Waals surface area contributed by atoms with Crippen molar-refractivity contribution in [1.82, 2.24) is 14.7 Å². The molecule has 4 nitrogen and oxygen atoms in total. The highest BCUT2D eigenvalue weighted by Gasteiger charge is 2.21. The summed E-state index contributed by atoms with van der Waals surface area (Å²) in [5, 5.41) is 13.7. The van der Waals surface area contributed by atoms with E-state index in [2.05, 4.69) is 47.3 Å². The molecule has 0 saturated carbocycles. The van der Waals surface area contributed by atoms with Gasteiger partial charge < -0.3 is 5.11 Å². The highest BCUT2D eigenvalue weighted by atomic mass is 16.3. The summed E-state index contributed by atoms with van der Waals surface area (Å²) in [6.07, 6.45) is 1.11. The molecule has 0 bridgehead atoms. The number of aryl methyl sites for hydroxylation is 2. The topological polar surface area (TPSA) is 41.3 Å². The molecule has 3 rings (SSSR count). The number of likely N-dealkylation sites (tertiary alicyclic amines) is 1. The van der Waals surface area contributed by atoms with Crippen LogP contribution in [0.25, 0.3) is 5.69 Å². The summed E-state index contributed by atoms with van der Waals surface area (Å²) in [6.45, 7) is 7.47. The van der Waals surface area contributed by atoms with Crippen LogP contribution in [-0.2, 0) is 6.54 Å². The second-order valence-corrected chi connectivity index (χ2v) is 6.08. The molecular formula is C17H23N3O. The Hall–Kier alpha value is -1.65. The second-order valence-electron chi connectivity index (χ2n) is 6.08. The Balaban J connectivity index is 1.68. The molecule has 21 heavy (non-hydrogen) atoms. The Bertz CT molecular complexity index is 603. The van der Waals surface area contributed by atoms with Crippen molar-refractivity contribution in [3.63, 3.8) is 0 Å². The maximum atomic E-state index is 9.20. The van der Waals surface area contributed by atoms with Crippen molar-refractivity contribution in [2.24, 2.45) is 5.92 Å². The van der Waals surface area contributed by atoms with Crippen molar-refractivity contribution < 1.29 is 5.11 Å². The molecule has 0 spiro atoms. The third kappa shape index (κ3) is 3.17. The van der Waals surface area contributed by atoms with Crippen LogP contribution in [0.2, 0.25) is 0 Å². The van der Waals surface area contributed by atoms with Gasteiger partial charge in [0.05, 0.1) is 11.4 Å². The predicted molar refractivity (Wildman–Crippen MR) is 83.5 cm³/mol. The van der Waals surface area contributed by atoms with Gasteiger partial charge in [-0.1, -0.05) is 12.1 Å². The first-order chi connectivity index (χ1) is 10.2. The third-order valence-electron chi connectivity index (χ3n) is 4.22. The number of hydrogen-bond acceptors (Lipinski definition) is 3. The van der Waals surface area contributed by atoms with Gasteiger partial charge in [0.1, 0.15) is 0 Å². The Morgan fingerprint density at radius 2 is 2.00 bits per heavy atom. The first-order valence-corrected chi connectivity index (χ1v) is 7.61. The fourth-order valence-electron chi connectivity index (χ4n) is 3.10. The van der Waals surface area contributed by atoms with Crippen molar-refractivity contribution in [2.75, 3.05) is 19.7 Å². The van der Waals surface area contributed by atoms with Crippen LogP contribution in [0.4, 0.5) is 0 Å². The fourth-order valence-corrected chi connectivity index (χ4v) is 3.10. The Morgan fingerprint density at radius 1 is 1.24 bits per heavy atom. The van der Waals surface area contributed by atoms with E-state index in [1.54, 1.807) is 0 Å². The summed E-state index contributed by atoms with van der Waals surface area (Å²) in [7, 11) is 0. The van der Waals surface area contributed by atoms with E-state index in [4.69, 9.17) is 0 Å². The third-order valence-corrected chi connectivity index (χ3v) is 4.22. The van der Waals surface area contributed by atoms with Gasteiger partial charge in [-0.15, -0.1) is 0 Å². The van der Waals surface area contributed by atoms with Crippen LogP contribution in [-0.4, -0.2) is 39.5 Å². The quantitative estimate of drug-likeness (QED) is 0.937. The molecule has 0 radical (unpaired) electrons. The molecule has 1 aromatic heterocycles. The molecule has 1 atom stereocenters. The average Bonchev–Trinajstić information content (AvgIpc) is 3.06. The fraction of sp³-hybridized carbons (Fsp3) is 0.471. The zero-order valence-electron chi connectivity index (χ0n) is 12.8. The van der Waals surface area contributed by atoms with E-state index in [1.165, 1.54) is 5.56 Å². The highest BCUT2D eigenvalue weighted by Crippen LogP contribution is 2.19. The molecule has 4 heteroatoms. The number of benzene rings is 1. The standard InChI is InChI=1S/C17H23N3O/c1-13-9-14(2)20(18-13)17-5-3-15(4-6-17)10-19-8-7-16(11-19)12-21/h3-6,9,16,21H,7-8,10-12H2,1-2H3. The van der Waals surface area contributed by atoms with E-state index in [9.17, 15) is 5.11 Å². The van der Waals surface area contributed by atoms with Gasteiger partial charge in [0.2, 0.25) is 0 Å². The van der Waals surface area contributed by atoms with E-state index >= 15 is 0 Å². The lowest BCUT2D eigenvalue weighted by Gasteiger charge is -2.16. The van der Waals surface area contributed by atoms with Gasteiger partial charge in [0.25, 0.3) is 0 Å². The van der Waals surface area contributed by atoms with E-state index < -0.39 is 0 Å². The molecule has 1 unspecified atom stereocenters. The number of hydrogen-bond donors (Lipinski definition) is 1. The van der Waals surface area contributed by atoms with Gasteiger partial charge in [-0.25, -0.2) is 4.68 Å². The van der Waals surface area contributed by atoms with Crippen molar-refractivity contribution >= 4 is 0 Å². The molecule has 1 aliphatic rings. The van der Waals surface area contributed by atoms with Crippen LogP contribution in [0.5, 0.6) is 0 Å². The minimum atomic E-state index is 0.313. The van der Waals surface area contributed by atoms with Crippen LogP contribution in [0.1, 0.15) is 23.4 Å². The normalized spacial score (nSPS) is 19.3. The SMILES string of the molecule is Cc1cc(C)n(-c2ccc(CN3CCC(CO)C3)cc2)n1. The predicted octanol–water partition coefficient (Wildman–Crippen LogP) is 2.30. The summed E-state index contributed by atoms with van der Waals surface area (Å²) in [6, 6.07) is 10.7. The number of aliphatic hydroxyl groups is 1. The molecule has 1 aromatic carbocycles. The zero-order valence-corrected chi connectivity index (χ0v) is 12.8. The minimum absolute atomic E-state index is 0.313. The Kier molecular flexibility index (Phi) is 4.08. The lowest BCUT2D eigenvalue weighted by molar-refractivity contribution is 0.220. The van der Waals surface area contributed by atoms with E-state index in [0.29, 0.717) is 12.5 Å². The zero-order chi connectivity index (χ0) is 14.8.